The summed E-state index contributed by atoms with van der Waals surface area (Å²) in [7, 11) is -2.98. The molecule has 0 aliphatic rings. The maximum Gasteiger partial charge on any atom is 0.216 e. The first-order chi connectivity index (χ1) is 10.8. The van der Waals surface area contributed by atoms with E-state index >= 15 is 0 Å². The second-order valence-electron chi connectivity index (χ2n) is 5.11. The average Bonchev–Trinajstić information content (AvgIpc) is 2.77. The summed E-state index contributed by atoms with van der Waals surface area (Å²) in [4.78, 5) is 8.66. The highest BCUT2D eigenvalue weighted by atomic mass is 32.2. The van der Waals surface area contributed by atoms with Gasteiger partial charge in [-0.25, -0.2) is 18.4 Å². The summed E-state index contributed by atoms with van der Waals surface area (Å²) in [6, 6.07) is 0. The molecule has 0 fully saturated rings. The Morgan fingerprint density at radius 1 is 1.30 bits per heavy atom. The molecular formula is C14H26N4O4S. The molecular weight excluding hydrogens is 320 g/mol. The lowest BCUT2D eigenvalue weighted by Crippen LogP contribution is -2.39. The fraction of sp³-hybridized carbons (Fsp3) is 0.714. The monoisotopic (exact) mass is 346 g/mol. The Labute approximate surface area is 137 Å². The number of sulfone groups is 1. The standard InChI is InChI=1S/C14H26N4O4S/c1-5-15-14(16-6-7-21-8-9-23(4,19)20)17-10-13-18-11(2)12(3)22-13/h5-10H2,1-4H3,(H2,15,16,17). The largest absolute Gasteiger partial charge is 0.444 e. The second kappa shape index (κ2) is 9.51. The van der Waals surface area contributed by atoms with Crippen molar-refractivity contribution in [1.29, 1.82) is 0 Å². The predicted molar refractivity (Wildman–Crippen MR) is 89.3 cm³/mol. The van der Waals surface area contributed by atoms with E-state index in [1.54, 1.807) is 0 Å². The number of oxazole rings is 1. The summed E-state index contributed by atoms with van der Waals surface area (Å²) in [6.45, 7) is 7.93. The highest BCUT2D eigenvalue weighted by molar-refractivity contribution is 7.90. The van der Waals surface area contributed by atoms with Gasteiger partial charge in [0.2, 0.25) is 5.89 Å². The van der Waals surface area contributed by atoms with Crippen LogP contribution in [0, 0.1) is 13.8 Å². The van der Waals surface area contributed by atoms with Crippen LogP contribution in [0.3, 0.4) is 0 Å². The number of nitrogens with one attached hydrogen (secondary N) is 2. The van der Waals surface area contributed by atoms with E-state index in [0.29, 0.717) is 31.5 Å². The second-order valence-corrected chi connectivity index (χ2v) is 7.37. The van der Waals surface area contributed by atoms with Crippen molar-refractivity contribution in [2.75, 3.05) is 38.3 Å². The van der Waals surface area contributed by atoms with Crippen LogP contribution in [0.2, 0.25) is 0 Å². The minimum Gasteiger partial charge on any atom is -0.444 e. The fourth-order valence-electron chi connectivity index (χ4n) is 1.65. The molecule has 8 nitrogen and oxygen atoms in total. The Morgan fingerprint density at radius 3 is 2.61 bits per heavy atom. The van der Waals surface area contributed by atoms with Crippen LogP contribution in [0.4, 0.5) is 0 Å². The molecule has 0 aliphatic carbocycles. The lowest BCUT2D eigenvalue weighted by molar-refractivity contribution is 0.154. The first kappa shape index (κ1) is 19.4. The summed E-state index contributed by atoms with van der Waals surface area (Å²) in [6.07, 6.45) is 1.19. The molecule has 0 bridgehead atoms. The normalized spacial score (nSPS) is 12.4. The van der Waals surface area contributed by atoms with Crippen LogP contribution in [0.1, 0.15) is 24.3 Å². The van der Waals surface area contributed by atoms with Crippen molar-refractivity contribution >= 4 is 15.8 Å². The van der Waals surface area contributed by atoms with Crippen LogP contribution in [-0.2, 0) is 21.1 Å². The summed E-state index contributed by atoms with van der Waals surface area (Å²) in [5.74, 6) is 2.03. The molecule has 0 saturated carbocycles. The van der Waals surface area contributed by atoms with Crippen LogP contribution in [0.25, 0.3) is 0 Å². The number of nitrogens with zero attached hydrogens (tertiary/aromatic N) is 2. The number of aryl methyl sites for hydroxylation is 2. The zero-order valence-corrected chi connectivity index (χ0v) is 15.0. The number of hydrogen-bond acceptors (Lipinski definition) is 6. The minimum absolute atomic E-state index is 0.0318. The van der Waals surface area contributed by atoms with Gasteiger partial charge in [-0.1, -0.05) is 0 Å². The quantitative estimate of drug-likeness (QED) is 0.379. The van der Waals surface area contributed by atoms with Crippen molar-refractivity contribution in [3.8, 4) is 0 Å². The van der Waals surface area contributed by atoms with E-state index in [1.807, 2.05) is 20.8 Å². The number of ether oxygens (including phenoxy) is 1. The molecule has 23 heavy (non-hydrogen) atoms. The van der Waals surface area contributed by atoms with Crippen molar-refractivity contribution in [2.24, 2.45) is 4.99 Å². The van der Waals surface area contributed by atoms with Crippen molar-refractivity contribution in [3.63, 3.8) is 0 Å². The van der Waals surface area contributed by atoms with E-state index in [9.17, 15) is 8.42 Å². The van der Waals surface area contributed by atoms with E-state index in [4.69, 9.17) is 9.15 Å². The van der Waals surface area contributed by atoms with Gasteiger partial charge in [-0.2, -0.15) is 0 Å². The van der Waals surface area contributed by atoms with Gasteiger partial charge in [-0.15, -0.1) is 0 Å². The van der Waals surface area contributed by atoms with Gasteiger partial charge < -0.3 is 19.8 Å². The van der Waals surface area contributed by atoms with Gasteiger partial charge in [0.15, 0.2) is 5.96 Å². The summed E-state index contributed by atoms with van der Waals surface area (Å²) in [5, 5.41) is 6.21. The third-order valence-corrected chi connectivity index (χ3v) is 3.84. The van der Waals surface area contributed by atoms with E-state index in [2.05, 4.69) is 20.6 Å². The number of guanidine groups is 1. The molecule has 1 heterocycles. The number of aromatic nitrogens is 1. The van der Waals surface area contributed by atoms with Gasteiger partial charge in [-0.3, -0.25) is 0 Å². The molecule has 1 aromatic heterocycles. The number of aliphatic imine (C=N–C) groups is 1. The van der Waals surface area contributed by atoms with Crippen LogP contribution >= 0.6 is 0 Å². The Bertz CT molecular complexity index is 591. The SMILES string of the molecule is CCNC(=NCc1nc(C)c(C)o1)NCCOCCS(C)(=O)=O. The van der Waals surface area contributed by atoms with E-state index in [1.165, 1.54) is 6.26 Å². The number of rotatable bonds is 9. The highest BCUT2D eigenvalue weighted by Gasteiger charge is 2.05. The Hall–Kier alpha value is -1.61. The molecule has 9 heteroatoms. The molecule has 0 spiro atoms. The minimum atomic E-state index is -2.98. The molecule has 0 aromatic carbocycles. The molecule has 1 rings (SSSR count). The molecule has 0 aliphatic heterocycles. The first-order valence-electron chi connectivity index (χ1n) is 7.52. The maximum atomic E-state index is 11.0. The lowest BCUT2D eigenvalue weighted by atomic mass is 10.4. The van der Waals surface area contributed by atoms with Crippen LogP contribution in [0.15, 0.2) is 9.41 Å². The smallest absolute Gasteiger partial charge is 0.216 e. The van der Waals surface area contributed by atoms with Gasteiger partial charge in [-0.05, 0) is 20.8 Å². The van der Waals surface area contributed by atoms with Gasteiger partial charge in [0.1, 0.15) is 22.1 Å². The van der Waals surface area contributed by atoms with E-state index < -0.39 is 9.84 Å². The summed E-state index contributed by atoms with van der Waals surface area (Å²) < 4.78 is 32.7. The fourth-order valence-corrected chi connectivity index (χ4v) is 2.07. The zero-order chi connectivity index (χ0) is 17.3. The third-order valence-electron chi connectivity index (χ3n) is 2.93. The molecule has 1 aromatic rings. The molecule has 132 valence electrons. The Balaban J connectivity index is 2.35. The van der Waals surface area contributed by atoms with Crippen molar-refractivity contribution in [2.45, 2.75) is 27.3 Å². The molecule has 0 unspecified atom stereocenters. The van der Waals surface area contributed by atoms with Crippen LogP contribution < -0.4 is 10.6 Å². The zero-order valence-electron chi connectivity index (χ0n) is 14.2. The molecule has 0 amide bonds. The van der Waals surface area contributed by atoms with Crippen molar-refractivity contribution in [1.82, 2.24) is 15.6 Å². The molecule has 2 N–H and O–H groups in total. The molecule has 0 saturated heterocycles. The average molecular weight is 346 g/mol. The Morgan fingerprint density at radius 2 is 2.04 bits per heavy atom. The summed E-state index contributed by atoms with van der Waals surface area (Å²) in [5.41, 5.74) is 0.868. The van der Waals surface area contributed by atoms with Crippen LogP contribution in [-0.4, -0.2) is 57.7 Å². The Kier molecular flexibility index (Phi) is 8.04. The predicted octanol–water partition coefficient (Wildman–Crippen LogP) is 0.408. The van der Waals surface area contributed by atoms with Crippen LogP contribution in [0.5, 0.6) is 0 Å². The topological polar surface area (TPSA) is 106 Å². The van der Waals surface area contributed by atoms with E-state index in [0.717, 1.165) is 18.0 Å². The van der Waals surface area contributed by atoms with Gasteiger partial charge in [0.25, 0.3) is 0 Å². The highest BCUT2D eigenvalue weighted by Crippen LogP contribution is 2.08. The van der Waals surface area contributed by atoms with Crippen molar-refractivity contribution in [3.05, 3.63) is 17.3 Å². The maximum absolute atomic E-state index is 11.0. The summed E-state index contributed by atoms with van der Waals surface area (Å²) >= 11 is 0. The first-order valence-corrected chi connectivity index (χ1v) is 9.58. The molecule has 0 atom stereocenters. The number of hydrogen-bond donors (Lipinski definition) is 2. The third kappa shape index (κ3) is 8.56. The lowest BCUT2D eigenvalue weighted by Gasteiger charge is -2.11. The van der Waals surface area contributed by atoms with Gasteiger partial charge in [0, 0.05) is 19.3 Å². The van der Waals surface area contributed by atoms with Gasteiger partial charge in [0.05, 0.1) is 24.7 Å². The van der Waals surface area contributed by atoms with Crippen molar-refractivity contribution < 1.29 is 17.6 Å². The van der Waals surface area contributed by atoms with E-state index in [-0.39, 0.29) is 12.4 Å². The van der Waals surface area contributed by atoms with Gasteiger partial charge >= 0.3 is 0 Å². The molecule has 0 radical (unpaired) electrons.